The smallest absolute Gasteiger partial charge is 0.228 e. The Morgan fingerprint density at radius 2 is 2.21 bits per heavy atom. The van der Waals surface area contributed by atoms with Gasteiger partial charge in [-0.25, -0.2) is 0 Å². The fourth-order valence-corrected chi connectivity index (χ4v) is 3.75. The number of nitrogens with one attached hydrogen (secondary N) is 1. The number of piperidine rings is 1. The van der Waals surface area contributed by atoms with E-state index in [-0.39, 0.29) is 5.41 Å². The Morgan fingerprint density at radius 1 is 1.47 bits per heavy atom. The van der Waals surface area contributed by atoms with E-state index >= 15 is 0 Å². The maximum Gasteiger partial charge on any atom is 0.228 e. The molecule has 0 bridgehead atoms. The van der Waals surface area contributed by atoms with Crippen LogP contribution in [0.15, 0.2) is 16.8 Å². The molecule has 0 aromatic carbocycles. The summed E-state index contributed by atoms with van der Waals surface area (Å²) < 4.78 is 0. The first kappa shape index (κ1) is 14.5. The monoisotopic (exact) mass is 280 g/mol. The van der Waals surface area contributed by atoms with Crippen LogP contribution >= 0.6 is 11.3 Å². The topological polar surface area (TPSA) is 32.3 Å². The van der Waals surface area contributed by atoms with Gasteiger partial charge in [0.2, 0.25) is 5.91 Å². The van der Waals surface area contributed by atoms with Crippen molar-refractivity contribution in [3.05, 3.63) is 22.4 Å². The van der Waals surface area contributed by atoms with Crippen LogP contribution in [0.3, 0.4) is 0 Å². The largest absolute Gasteiger partial charge is 0.341 e. The van der Waals surface area contributed by atoms with Gasteiger partial charge in [-0.1, -0.05) is 13.3 Å². The summed E-state index contributed by atoms with van der Waals surface area (Å²) in [5, 5.41) is 7.56. The lowest BCUT2D eigenvalue weighted by atomic mass is 9.74. The summed E-state index contributed by atoms with van der Waals surface area (Å²) in [6.45, 7) is 4.85. The molecule has 1 aliphatic heterocycles. The first-order valence-corrected chi connectivity index (χ1v) is 8.09. The molecule has 1 amide bonds. The van der Waals surface area contributed by atoms with Crippen LogP contribution in [-0.4, -0.2) is 30.9 Å². The molecule has 1 N–H and O–H groups in total. The van der Waals surface area contributed by atoms with E-state index in [1.807, 2.05) is 11.9 Å². The van der Waals surface area contributed by atoms with Crippen molar-refractivity contribution in [1.29, 1.82) is 0 Å². The number of nitrogens with zero attached hydrogens (tertiary/aromatic N) is 1. The third-order valence-corrected chi connectivity index (χ3v) is 4.82. The zero-order valence-electron chi connectivity index (χ0n) is 11.9. The van der Waals surface area contributed by atoms with Crippen molar-refractivity contribution in [2.24, 2.45) is 5.41 Å². The highest BCUT2D eigenvalue weighted by molar-refractivity contribution is 7.07. The van der Waals surface area contributed by atoms with E-state index < -0.39 is 0 Å². The minimum Gasteiger partial charge on any atom is -0.341 e. The Hall–Kier alpha value is -0.870. The van der Waals surface area contributed by atoms with Crippen LogP contribution in [0.25, 0.3) is 0 Å². The third-order valence-electron chi connectivity index (χ3n) is 4.09. The SMILES string of the molecule is CCCC1(C(=O)N(C)Cc2ccsc2)CCNCC1. The van der Waals surface area contributed by atoms with Gasteiger partial charge >= 0.3 is 0 Å². The van der Waals surface area contributed by atoms with E-state index in [0.717, 1.165) is 45.3 Å². The Morgan fingerprint density at radius 3 is 2.79 bits per heavy atom. The fraction of sp³-hybridized carbons (Fsp3) is 0.667. The predicted molar refractivity (Wildman–Crippen MR) is 80.2 cm³/mol. The van der Waals surface area contributed by atoms with Crippen molar-refractivity contribution < 1.29 is 4.79 Å². The highest BCUT2D eigenvalue weighted by Crippen LogP contribution is 2.36. The second-order valence-corrected chi connectivity index (χ2v) is 6.35. The second kappa shape index (κ2) is 6.53. The number of thiophene rings is 1. The van der Waals surface area contributed by atoms with E-state index in [9.17, 15) is 4.79 Å². The Bertz CT molecular complexity index is 391. The van der Waals surface area contributed by atoms with Crippen LogP contribution in [0.4, 0.5) is 0 Å². The Kier molecular flexibility index (Phi) is 4.99. The lowest BCUT2D eigenvalue weighted by Crippen LogP contribution is -2.47. The minimum absolute atomic E-state index is 0.120. The van der Waals surface area contributed by atoms with Crippen molar-refractivity contribution >= 4 is 17.2 Å². The lowest BCUT2D eigenvalue weighted by molar-refractivity contribution is -0.143. The first-order valence-electron chi connectivity index (χ1n) is 7.15. The van der Waals surface area contributed by atoms with Gasteiger partial charge in [0.25, 0.3) is 0 Å². The van der Waals surface area contributed by atoms with Gasteiger partial charge in [0.15, 0.2) is 0 Å². The van der Waals surface area contributed by atoms with Gasteiger partial charge in [-0.05, 0) is 54.7 Å². The molecule has 0 aliphatic carbocycles. The summed E-state index contributed by atoms with van der Waals surface area (Å²) >= 11 is 1.69. The van der Waals surface area contributed by atoms with Crippen LogP contribution in [0.1, 0.15) is 38.2 Å². The summed E-state index contributed by atoms with van der Waals surface area (Å²) in [4.78, 5) is 14.8. The predicted octanol–water partition coefficient (Wildman–Crippen LogP) is 2.88. The standard InChI is InChI=1S/C15H24N2OS/c1-3-5-15(6-8-16-9-7-15)14(18)17(2)11-13-4-10-19-12-13/h4,10,12,16H,3,5-9,11H2,1-2H3. The fourth-order valence-electron chi connectivity index (χ4n) is 3.09. The van der Waals surface area contributed by atoms with Crippen LogP contribution in [-0.2, 0) is 11.3 Å². The van der Waals surface area contributed by atoms with Crippen molar-refractivity contribution in [2.75, 3.05) is 20.1 Å². The molecule has 19 heavy (non-hydrogen) atoms. The summed E-state index contributed by atoms with van der Waals surface area (Å²) in [5.74, 6) is 0.335. The van der Waals surface area contributed by atoms with Crippen LogP contribution < -0.4 is 5.32 Å². The maximum atomic E-state index is 12.8. The molecule has 0 spiro atoms. The molecular weight excluding hydrogens is 256 g/mol. The zero-order chi connectivity index (χ0) is 13.7. The number of amides is 1. The first-order chi connectivity index (χ1) is 9.18. The number of hydrogen-bond acceptors (Lipinski definition) is 3. The van der Waals surface area contributed by atoms with Crippen molar-refractivity contribution in [1.82, 2.24) is 10.2 Å². The van der Waals surface area contributed by atoms with Gasteiger partial charge in [0, 0.05) is 13.6 Å². The molecular formula is C15H24N2OS. The lowest BCUT2D eigenvalue weighted by Gasteiger charge is -2.39. The Balaban J connectivity index is 2.05. The molecule has 3 nitrogen and oxygen atoms in total. The maximum absolute atomic E-state index is 12.8. The molecule has 1 aromatic heterocycles. The number of rotatable bonds is 5. The quantitative estimate of drug-likeness (QED) is 0.899. The molecule has 1 saturated heterocycles. The van der Waals surface area contributed by atoms with Gasteiger partial charge in [0.05, 0.1) is 5.41 Å². The summed E-state index contributed by atoms with van der Waals surface area (Å²) in [7, 11) is 1.94. The van der Waals surface area contributed by atoms with Crippen molar-refractivity contribution in [3.8, 4) is 0 Å². The zero-order valence-corrected chi connectivity index (χ0v) is 12.8. The third kappa shape index (κ3) is 3.37. The molecule has 2 heterocycles. The molecule has 2 rings (SSSR count). The molecule has 4 heteroatoms. The van der Waals surface area contributed by atoms with E-state index in [0.29, 0.717) is 5.91 Å². The molecule has 0 atom stereocenters. The number of hydrogen-bond donors (Lipinski definition) is 1. The minimum atomic E-state index is -0.120. The number of carbonyl (C=O) groups excluding carboxylic acids is 1. The summed E-state index contributed by atoms with van der Waals surface area (Å²) in [6.07, 6.45) is 4.06. The molecule has 106 valence electrons. The summed E-state index contributed by atoms with van der Waals surface area (Å²) in [5.41, 5.74) is 1.12. The molecule has 0 radical (unpaired) electrons. The van der Waals surface area contributed by atoms with Gasteiger partial charge in [-0.2, -0.15) is 11.3 Å². The number of carbonyl (C=O) groups is 1. The molecule has 1 fully saturated rings. The molecule has 1 aliphatic rings. The molecule has 1 aromatic rings. The average Bonchev–Trinajstić information content (AvgIpc) is 2.92. The van der Waals surface area contributed by atoms with E-state index in [1.165, 1.54) is 5.56 Å². The Labute approximate surface area is 120 Å². The molecule has 0 unspecified atom stereocenters. The van der Waals surface area contributed by atoms with Gasteiger partial charge in [-0.3, -0.25) is 4.79 Å². The van der Waals surface area contributed by atoms with Crippen LogP contribution in [0, 0.1) is 5.41 Å². The van der Waals surface area contributed by atoms with Crippen molar-refractivity contribution in [3.63, 3.8) is 0 Å². The van der Waals surface area contributed by atoms with E-state index in [2.05, 4.69) is 29.1 Å². The van der Waals surface area contributed by atoms with Gasteiger partial charge < -0.3 is 10.2 Å². The highest BCUT2D eigenvalue weighted by atomic mass is 32.1. The highest BCUT2D eigenvalue weighted by Gasteiger charge is 2.40. The normalized spacial score (nSPS) is 18.2. The van der Waals surface area contributed by atoms with Crippen molar-refractivity contribution in [2.45, 2.75) is 39.2 Å². The summed E-state index contributed by atoms with van der Waals surface area (Å²) in [6, 6.07) is 2.10. The van der Waals surface area contributed by atoms with Crippen LogP contribution in [0.5, 0.6) is 0 Å². The van der Waals surface area contributed by atoms with Gasteiger partial charge in [-0.15, -0.1) is 0 Å². The van der Waals surface area contributed by atoms with E-state index in [1.54, 1.807) is 11.3 Å². The van der Waals surface area contributed by atoms with E-state index in [4.69, 9.17) is 0 Å². The second-order valence-electron chi connectivity index (χ2n) is 5.57. The van der Waals surface area contributed by atoms with Gasteiger partial charge in [0.1, 0.15) is 0 Å². The van der Waals surface area contributed by atoms with Crippen LogP contribution in [0.2, 0.25) is 0 Å². The molecule has 0 saturated carbocycles. The average molecular weight is 280 g/mol.